The Morgan fingerprint density at radius 1 is 1.22 bits per heavy atom. The van der Waals surface area contributed by atoms with E-state index >= 15 is 0 Å². The highest BCUT2D eigenvalue weighted by Gasteiger charge is 2.33. The summed E-state index contributed by atoms with van der Waals surface area (Å²) in [7, 11) is -3.48. The molecule has 1 atom stereocenters. The lowest BCUT2D eigenvalue weighted by Crippen LogP contribution is -2.31. The van der Waals surface area contributed by atoms with E-state index in [0.29, 0.717) is 30.3 Å². The summed E-state index contributed by atoms with van der Waals surface area (Å²) < 4.78 is 33.4. The van der Waals surface area contributed by atoms with Crippen LogP contribution in [0.4, 0.5) is 0 Å². The zero-order valence-electron chi connectivity index (χ0n) is 12.6. The van der Waals surface area contributed by atoms with Crippen molar-refractivity contribution >= 4 is 26.0 Å². The van der Waals surface area contributed by atoms with Gasteiger partial charge < -0.3 is 4.74 Å². The van der Waals surface area contributed by atoms with Gasteiger partial charge in [0.15, 0.2) is 0 Å². The van der Waals surface area contributed by atoms with Gasteiger partial charge in [0.25, 0.3) is 0 Å². The molecule has 0 radical (unpaired) electrons. The Hall–Kier alpha value is -1.44. The third-order valence-corrected chi connectivity index (χ3v) is 6.14. The SMILES string of the molecule is Cc1ccc(O[C@H]2CCN(S(=O)(=O)c3ccc(Br)cc3)C2)nc1. The minimum absolute atomic E-state index is 0.171. The van der Waals surface area contributed by atoms with Crippen molar-refractivity contribution in [3.8, 4) is 5.88 Å². The molecule has 23 heavy (non-hydrogen) atoms. The molecule has 0 amide bonds. The molecule has 1 aliphatic rings. The summed E-state index contributed by atoms with van der Waals surface area (Å²) in [5.41, 5.74) is 1.06. The molecule has 7 heteroatoms. The first kappa shape index (κ1) is 16.4. The van der Waals surface area contributed by atoms with Crippen LogP contribution in [0.25, 0.3) is 0 Å². The van der Waals surface area contributed by atoms with Gasteiger partial charge in [-0.15, -0.1) is 0 Å². The molecule has 0 saturated carbocycles. The molecule has 122 valence electrons. The topological polar surface area (TPSA) is 59.5 Å². The fourth-order valence-corrected chi connectivity index (χ4v) is 4.21. The van der Waals surface area contributed by atoms with E-state index in [1.807, 2.05) is 13.0 Å². The zero-order valence-corrected chi connectivity index (χ0v) is 15.0. The van der Waals surface area contributed by atoms with Crippen LogP contribution in [0.3, 0.4) is 0 Å². The Bertz CT molecular complexity index is 776. The van der Waals surface area contributed by atoms with Crippen molar-refractivity contribution in [3.05, 3.63) is 52.6 Å². The van der Waals surface area contributed by atoms with Crippen LogP contribution in [0.5, 0.6) is 5.88 Å². The summed E-state index contributed by atoms with van der Waals surface area (Å²) >= 11 is 3.31. The molecule has 0 spiro atoms. The third kappa shape index (κ3) is 3.73. The Morgan fingerprint density at radius 3 is 2.61 bits per heavy atom. The fraction of sp³-hybridized carbons (Fsp3) is 0.312. The Balaban J connectivity index is 1.69. The number of aromatic nitrogens is 1. The van der Waals surface area contributed by atoms with Gasteiger partial charge in [0.05, 0.1) is 11.4 Å². The molecule has 3 rings (SSSR count). The molecule has 0 aliphatic carbocycles. The van der Waals surface area contributed by atoms with Gasteiger partial charge in [-0.3, -0.25) is 0 Å². The predicted molar refractivity (Wildman–Crippen MR) is 90.9 cm³/mol. The van der Waals surface area contributed by atoms with E-state index < -0.39 is 10.0 Å². The van der Waals surface area contributed by atoms with Crippen LogP contribution in [-0.4, -0.2) is 36.9 Å². The first-order valence-electron chi connectivity index (χ1n) is 7.30. The van der Waals surface area contributed by atoms with Crippen molar-refractivity contribution in [2.75, 3.05) is 13.1 Å². The van der Waals surface area contributed by atoms with Gasteiger partial charge in [0.1, 0.15) is 6.10 Å². The molecule has 1 aromatic carbocycles. The summed E-state index contributed by atoms with van der Waals surface area (Å²) in [5.74, 6) is 0.531. The lowest BCUT2D eigenvalue weighted by Gasteiger charge is -2.17. The second-order valence-electron chi connectivity index (χ2n) is 5.52. The van der Waals surface area contributed by atoms with Crippen LogP contribution in [0, 0.1) is 6.92 Å². The zero-order chi connectivity index (χ0) is 16.4. The molecular formula is C16H17BrN2O3S. The van der Waals surface area contributed by atoms with Crippen molar-refractivity contribution in [3.63, 3.8) is 0 Å². The molecule has 0 unspecified atom stereocenters. The largest absolute Gasteiger partial charge is 0.473 e. The van der Waals surface area contributed by atoms with Gasteiger partial charge in [0.2, 0.25) is 15.9 Å². The number of hydrogen-bond acceptors (Lipinski definition) is 4. The molecule has 1 aromatic heterocycles. The molecule has 1 fully saturated rings. The van der Waals surface area contributed by atoms with Crippen molar-refractivity contribution < 1.29 is 13.2 Å². The first-order chi connectivity index (χ1) is 10.9. The summed E-state index contributed by atoms with van der Waals surface area (Å²) in [6, 6.07) is 10.4. The maximum atomic E-state index is 12.6. The standard InChI is InChI=1S/C16H17BrN2O3S/c1-12-2-7-16(18-10-12)22-14-8-9-19(11-14)23(20,21)15-5-3-13(17)4-6-15/h2-7,10,14H,8-9,11H2,1H3/t14-/m0/s1. The molecular weight excluding hydrogens is 380 g/mol. The number of halogens is 1. The van der Waals surface area contributed by atoms with E-state index in [9.17, 15) is 8.42 Å². The van der Waals surface area contributed by atoms with E-state index in [1.54, 1.807) is 36.5 Å². The molecule has 0 N–H and O–H groups in total. The molecule has 2 heterocycles. The third-order valence-electron chi connectivity index (χ3n) is 3.73. The Morgan fingerprint density at radius 2 is 1.96 bits per heavy atom. The van der Waals surface area contributed by atoms with Gasteiger partial charge >= 0.3 is 0 Å². The number of aryl methyl sites for hydroxylation is 1. The summed E-state index contributed by atoms with van der Waals surface area (Å²) in [4.78, 5) is 4.50. The van der Waals surface area contributed by atoms with Crippen molar-refractivity contribution in [1.29, 1.82) is 0 Å². The predicted octanol–water partition coefficient (Wildman–Crippen LogP) is 2.99. The average Bonchev–Trinajstić information content (AvgIpc) is 2.99. The molecule has 0 bridgehead atoms. The van der Waals surface area contributed by atoms with E-state index in [-0.39, 0.29) is 6.10 Å². The van der Waals surface area contributed by atoms with Gasteiger partial charge in [-0.2, -0.15) is 4.31 Å². The van der Waals surface area contributed by atoms with Crippen molar-refractivity contribution in [2.45, 2.75) is 24.3 Å². The lowest BCUT2D eigenvalue weighted by molar-refractivity contribution is 0.207. The number of hydrogen-bond donors (Lipinski definition) is 0. The molecule has 1 saturated heterocycles. The highest BCUT2D eigenvalue weighted by atomic mass is 79.9. The lowest BCUT2D eigenvalue weighted by atomic mass is 10.3. The molecule has 5 nitrogen and oxygen atoms in total. The van der Waals surface area contributed by atoms with E-state index in [4.69, 9.17) is 4.74 Å². The highest BCUT2D eigenvalue weighted by Crippen LogP contribution is 2.24. The van der Waals surface area contributed by atoms with Gasteiger partial charge in [0, 0.05) is 23.3 Å². The van der Waals surface area contributed by atoms with Crippen LogP contribution in [0.15, 0.2) is 52.0 Å². The Kier molecular flexibility index (Phi) is 4.70. The highest BCUT2D eigenvalue weighted by molar-refractivity contribution is 9.10. The van der Waals surface area contributed by atoms with Crippen LogP contribution < -0.4 is 4.74 Å². The minimum atomic E-state index is -3.48. The quantitative estimate of drug-likeness (QED) is 0.796. The fourth-order valence-electron chi connectivity index (χ4n) is 2.46. The first-order valence-corrected chi connectivity index (χ1v) is 9.53. The van der Waals surface area contributed by atoms with Crippen LogP contribution in [0.1, 0.15) is 12.0 Å². The summed E-state index contributed by atoms with van der Waals surface area (Å²) in [6.45, 7) is 2.75. The Labute approximate surface area is 144 Å². The minimum Gasteiger partial charge on any atom is -0.473 e. The number of ether oxygens (including phenoxy) is 1. The van der Waals surface area contributed by atoms with E-state index in [0.717, 1.165) is 10.0 Å². The number of sulfonamides is 1. The van der Waals surface area contributed by atoms with Gasteiger partial charge in [-0.25, -0.2) is 13.4 Å². The smallest absolute Gasteiger partial charge is 0.243 e. The molecule has 1 aliphatic heterocycles. The normalized spacial score (nSPS) is 19.0. The number of benzene rings is 1. The maximum absolute atomic E-state index is 12.6. The second kappa shape index (κ2) is 6.59. The van der Waals surface area contributed by atoms with Crippen LogP contribution in [0.2, 0.25) is 0 Å². The maximum Gasteiger partial charge on any atom is 0.243 e. The van der Waals surface area contributed by atoms with E-state index in [1.165, 1.54) is 4.31 Å². The monoisotopic (exact) mass is 396 g/mol. The summed E-state index contributed by atoms with van der Waals surface area (Å²) in [5, 5.41) is 0. The summed E-state index contributed by atoms with van der Waals surface area (Å²) in [6.07, 6.45) is 2.22. The van der Waals surface area contributed by atoms with Crippen LogP contribution in [-0.2, 0) is 10.0 Å². The van der Waals surface area contributed by atoms with Gasteiger partial charge in [-0.1, -0.05) is 22.0 Å². The average molecular weight is 397 g/mol. The van der Waals surface area contributed by atoms with Crippen molar-refractivity contribution in [2.24, 2.45) is 0 Å². The van der Waals surface area contributed by atoms with E-state index in [2.05, 4.69) is 20.9 Å². The second-order valence-corrected chi connectivity index (χ2v) is 8.37. The number of rotatable bonds is 4. The number of nitrogens with zero attached hydrogens (tertiary/aromatic N) is 2. The molecule has 2 aromatic rings. The number of pyridine rings is 1. The van der Waals surface area contributed by atoms with Crippen molar-refractivity contribution in [1.82, 2.24) is 9.29 Å². The van der Waals surface area contributed by atoms with Crippen LogP contribution >= 0.6 is 15.9 Å². The van der Waals surface area contributed by atoms with Gasteiger partial charge in [-0.05, 0) is 43.2 Å².